The highest BCUT2D eigenvalue weighted by Crippen LogP contribution is 2.20. The molecule has 0 atom stereocenters. The van der Waals surface area contributed by atoms with Crippen LogP contribution in [0.1, 0.15) is 0 Å². The van der Waals surface area contributed by atoms with Gasteiger partial charge in [0.2, 0.25) is 4.96 Å². The second kappa shape index (κ2) is 3.46. The summed E-state index contributed by atoms with van der Waals surface area (Å²) >= 11 is 6.36. The van der Waals surface area contributed by atoms with E-state index in [9.17, 15) is 4.39 Å². The smallest absolute Gasteiger partial charge is 0.234 e. The highest BCUT2D eigenvalue weighted by atomic mass is 32.1. The van der Waals surface area contributed by atoms with Crippen LogP contribution >= 0.6 is 23.6 Å². The highest BCUT2D eigenvalue weighted by molar-refractivity contribution is 7.73. The third kappa shape index (κ3) is 1.44. The van der Waals surface area contributed by atoms with Crippen molar-refractivity contribution in [3.8, 4) is 11.4 Å². The number of aromatic nitrogens is 4. The van der Waals surface area contributed by atoms with Crippen LogP contribution in [0.2, 0.25) is 0 Å². The molecule has 3 aromatic rings. The van der Waals surface area contributed by atoms with E-state index in [-0.39, 0.29) is 5.82 Å². The molecule has 0 spiro atoms. The van der Waals surface area contributed by atoms with Gasteiger partial charge in [0.25, 0.3) is 0 Å². The first-order valence-corrected chi connectivity index (χ1v) is 5.67. The SMILES string of the molecule is Fc1ccc(-c2nnc3sc(=S)[nH]n23)cc1. The Morgan fingerprint density at radius 2 is 2.00 bits per heavy atom. The van der Waals surface area contributed by atoms with E-state index in [2.05, 4.69) is 15.3 Å². The molecular weight excluding hydrogens is 247 g/mol. The molecule has 2 heterocycles. The van der Waals surface area contributed by atoms with Crippen molar-refractivity contribution < 1.29 is 4.39 Å². The lowest BCUT2D eigenvalue weighted by Gasteiger charge is -1.96. The average molecular weight is 252 g/mol. The number of nitrogens with zero attached hydrogens (tertiary/aromatic N) is 3. The lowest BCUT2D eigenvalue weighted by molar-refractivity contribution is 0.628. The number of rotatable bonds is 1. The van der Waals surface area contributed by atoms with Gasteiger partial charge in [-0.05, 0) is 36.5 Å². The molecule has 0 amide bonds. The molecule has 0 radical (unpaired) electrons. The fraction of sp³-hybridized carbons (Fsp3) is 0. The Morgan fingerprint density at radius 1 is 1.25 bits per heavy atom. The van der Waals surface area contributed by atoms with Gasteiger partial charge in [-0.15, -0.1) is 10.2 Å². The van der Waals surface area contributed by atoms with Crippen molar-refractivity contribution in [2.45, 2.75) is 0 Å². The molecule has 0 unspecified atom stereocenters. The van der Waals surface area contributed by atoms with Gasteiger partial charge >= 0.3 is 0 Å². The minimum atomic E-state index is -0.275. The summed E-state index contributed by atoms with van der Waals surface area (Å²) in [5, 5.41) is 10.9. The van der Waals surface area contributed by atoms with Crippen LogP contribution < -0.4 is 0 Å². The summed E-state index contributed by atoms with van der Waals surface area (Å²) in [6.07, 6.45) is 0. The molecule has 0 saturated heterocycles. The topological polar surface area (TPSA) is 46.0 Å². The van der Waals surface area contributed by atoms with Crippen molar-refractivity contribution in [2.24, 2.45) is 0 Å². The zero-order chi connectivity index (χ0) is 11.1. The van der Waals surface area contributed by atoms with Gasteiger partial charge in [0.05, 0.1) is 0 Å². The van der Waals surface area contributed by atoms with E-state index in [1.165, 1.54) is 23.5 Å². The van der Waals surface area contributed by atoms with Gasteiger partial charge in [0.15, 0.2) is 9.78 Å². The van der Waals surface area contributed by atoms with Gasteiger partial charge in [-0.3, -0.25) is 5.10 Å². The quantitative estimate of drug-likeness (QED) is 0.677. The van der Waals surface area contributed by atoms with E-state index < -0.39 is 0 Å². The van der Waals surface area contributed by atoms with Crippen molar-refractivity contribution in [1.29, 1.82) is 0 Å². The normalized spacial score (nSPS) is 11.1. The predicted molar refractivity (Wildman–Crippen MR) is 61.4 cm³/mol. The number of H-pyrrole nitrogens is 1. The highest BCUT2D eigenvalue weighted by Gasteiger charge is 2.09. The monoisotopic (exact) mass is 252 g/mol. The first-order chi connectivity index (χ1) is 7.74. The van der Waals surface area contributed by atoms with Crippen molar-refractivity contribution in [3.63, 3.8) is 0 Å². The molecule has 0 bridgehead atoms. The van der Waals surface area contributed by atoms with Crippen molar-refractivity contribution >= 4 is 28.5 Å². The molecule has 80 valence electrons. The van der Waals surface area contributed by atoms with Crippen LogP contribution in [-0.4, -0.2) is 19.8 Å². The molecule has 0 aliphatic heterocycles. The predicted octanol–water partition coefficient (Wildman–Crippen LogP) is 2.65. The Hall–Kier alpha value is -1.60. The number of halogens is 1. The van der Waals surface area contributed by atoms with Gasteiger partial charge < -0.3 is 0 Å². The molecule has 2 aromatic heterocycles. The number of benzene rings is 1. The summed E-state index contributed by atoms with van der Waals surface area (Å²) in [6, 6.07) is 6.08. The Kier molecular flexibility index (Phi) is 2.08. The minimum Gasteiger partial charge on any atom is -0.271 e. The van der Waals surface area contributed by atoms with Gasteiger partial charge in [0.1, 0.15) is 5.82 Å². The molecular formula is C9H5FN4S2. The van der Waals surface area contributed by atoms with Crippen LogP contribution in [-0.2, 0) is 0 Å². The Labute approximate surface area is 98.4 Å². The summed E-state index contributed by atoms with van der Waals surface area (Å²) in [6.45, 7) is 0. The van der Waals surface area contributed by atoms with E-state index >= 15 is 0 Å². The minimum absolute atomic E-state index is 0.275. The number of hydrogen-bond acceptors (Lipinski definition) is 4. The number of aromatic amines is 1. The van der Waals surface area contributed by atoms with E-state index in [0.29, 0.717) is 14.7 Å². The first-order valence-electron chi connectivity index (χ1n) is 4.44. The Balaban J connectivity index is 2.25. The average Bonchev–Trinajstić information content (AvgIpc) is 2.78. The Bertz CT molecular complexity index is 694. The molecule has 0 saturated carbocycles. The molecule has 7 heteroatoms. The number of hydrogen-bond donors (Lipinski definition) is 1. The van der Waals surface area contributed by atoms with Crippen LogP contribution in [0.4, 0.5) is 4.39 Å². The van der Waals surface area contributed by atoms with Crippen LogP contribution in [0.3, 0.4) is 0 Å². The lowest BCUT2D eigenvalue weighted by Crippen LogP contribution is -1.89. The van der Waals surface area contributed by atoms with Crippen LogP contribution in [0.25, 0.3) is 16.3 Å². The van der Waals surface area contributed by atoms with E-state index in [1.54, 1.807) is 16.6 Å². The zero-order valence-electron chi connectivity index (χ0n) is 7.85. The van der Waals surface area contributed by atoms with Gasteiger partial charge in [-0.25, -0.2) is 8.91 Å². The fourth-order valence-electron chi connectivity index (χ4n) is 1.42. The maximum atomic E-state index is 12.8. The molecule has 1 aromatic carbocycles. The summed E-state index contributed by atoms with van der Waals surface area (Å²) < 4.78 is 15.1. The van der Waals surface area contributed by atoms with E-state index in [4.69, 9.17) is 12.2 Å². The molecule has 16 heavy (non-hydrogen) atoms. The molecule has 1 N–H and O–H groups in total. The second-order valence-corrected chi connectivity index (χ2v) is 4.79. The van der Waals surface area contributed by atoms with Gasteiger partial charge in [-0.1, -0.05) is 11.3 Å². The summed E-state index contributed by atoms with van der Waals surface area (Å²) in [5.41, 5.74) is 0.790. The van der Waals surface area contributed by atoms with Crippen LogP contribution in [0, 0.1) is 9.77 Å². The summed E-state index contributed by atoms with van der Waals surface area (Å²) in [5.74, 6) is 0.352. The third-order valence-corrected chi connectivity index (χ3v) is 3.19. The molecule has 0 fully saturated rings. The maximum Gasteiger partial charge on any atom is 0.234 e. The van der Waals surface area contributed by atoms with Crippen LogP contribution in [0.15, 0.2) is 24.3 Å². The molecule has 4 nitrogen and oxygen atoms in total. The summed E-state index contributed by atoms with van der Waals surface area (Å²) in [7, 11) is 0. The van der Waals surface area contributed by atoms with Crippen molar-refractivity contribution in [2.75, 3.05) is 0 Å². The standard InChI is InChI=1S/C9H5FN4S2/c10-6-3-1-5(2-4-6)7-11-12-8-14(7)13-9(15)16-8/h1-4H,(H,13,15). The molecule has 0 aliphatic carbocycles. The Morgan fingerprint density at radius 3 is 2.75 bits per heavy atom. The molecule has 0 aliphatic rings. The zero-order valence-corrected chi connectivity index (χ0v) is 9.48. The number of nitrogens with one attached hydrogen (secondary N) is 1. The lowest BCUT2D eigenvalue weighted by atomic mass is 10.2. The van der Waals surface area contributed by atoms with E-state index in [0.717, 1.165) is 5.56 Å². The van der Waals surface area contributed by atoms with Crippen molar-refractivity contribution in [1.82, 2.24) is 19.8 Å². The largest absolute Gasteiger partial charge is 0.271 e. The van der Waals surface area contributed by atoms with Crippen molar-refractivity contribution in [3.05, 3.63) is 34.0 Å². The number of fused-ring (bicyclic) bond motifs is 1. The second-order valence-electron chi connectivity index (χ2n) is 3.15. The third-order valence-electron chi connectivity index (χ3n) is 2.12. The van der Waals surface area contributed by atoms with Crippen LogP contribution in [0.5, 0.6) is 0 Å². The van der Waals surface area contributed by atoms with Gasteiger partial charge in [-0.2, -0.15) is 0 Å². The summed E-state index contributed by atoms with van der Waals surface area (Å²) in [4.78, 5) is 0.698. The fourth-order valence-corrected chi connectivity index (χ4v) is 2.34. The first kappa shape index (κ1) is 9.61. The molecule has 3 rings (SSSR count). The van der Waals surface area contributed by atoms with E-state index in [1.807, 2.05) is 0 Å². The maximum absolute atomic E-state index is 12.8. The van der Waals surface area contributed by atoms with Gasteiger partial charge in [0, 0.05) is 5.56 Å².